The molecule has 1 atom stereocenters. The number of nitrogens with one attached hydrogen (secondary N) is 1. The van der Waals surface area contributed by atoms with E-state index in [1.807, 2.05) is 13.8 Å². The first kappa shape index (κ1) is 15.6. The molecule has 2 rings (SSSR count). The van der Waals surface area contributed by atoms with E-state index in [1.54, 1.807) is 24.8 Å². The van der Waals surface area contributed by atoms with Crippen molar-refractivity contribution >= 4 is 0 Å². The second-order valence-electron chi connectivity index (χ2n) is 5.01. The molecule has 21 heavy (non-hydrogen) atoms. The standard InChI is InChI=1S/C15H18F3N3/c1-9-13(10(2)21(4)20-9)14(19-3)11-7-5-6-8-12(11)15(16,17)18/h5-8,14,19H,1-4H3. The van der Waals surface area contributed by atoms with Crippen LogP contribution in [0.4, 0.5) is 13.2 Å². The van der Waals surface area contributed by atoms with Crippen LogP contribution >= 0.6 is 0 Å². The summed E-state index contributed by atoms with van der Waals surface area (Å²) < 4.78 is 41.3. The third kappa shape index (κ3) is 2.81. The van der Waals surface area contributed by atoms with Gasteiger partial charge < -0.3 is 5.32 Å². The molecule has 2 aromatic rings. The number of hydrogen-bond donors (Lipinski definition) is 1. The highest BCUT2D eigenvalue weighted by molar-refractivity contribution is 5.42. The molecule has 0 amide bonds. The minimum Gasteiger partial charge on any atom is -0.309 e. The van der Waals surface area contributed by atoms with Crippen molar-refractivity contribution in [3.05, 3.63) is 52.3 Å². The van der Waals surface area contributed by atoms with Crippen LogP contribution in [0.1, 0.15) is 34.1 Å². The SMILES string of the molecule is CNC(c1ccccc1C(F)(F)F)c1c(C)nn(C)c1C. The molecule has 0 aliphatic carbocycles. The number of hydrogen-bond acceptors (Lipinski definition) is 2. The van der Waals surface area contributed by atoms with Crippen molar-refractivity contribution in [1.29, 1.82) is 0 Å². The third-order valence-corrected chi connectivity index (χ3v) is 3.72. The number of aromatic nitrogens is 2. The van der Waals surface area contributed by atoms with E-state index < -0.39 is 17.8 Å². The molecule has 0 aliphatic rings. The Bertz CT molecular complexity index is 644. The first-order chi connectivity index (χ1) is 9.77. The van der Waals surface area contributed by atoms with E-state index in [9.17, 15) is 13.2 Å². The van der Waals surface area contributed by atoms with Crippen molar-refractivity contribution < 1.29 is 13.2 Å². The Morgan fingerprint density at radius 3 is 2.29 bits per heavy atom. The summed E-state index contributed by atoms with van der Waals surface area (Å²) in [7, 11) is 3.44. The minimum absolute atomic E-state index is 0.215. The molecule has 0 fully saturated rings. The van der Waals surface area contributed by atoms with Crippen LogP contribution in [0.3, 0.4) is 0 Å². The summed E-state index contributed by atoms with van der Waals surface area (Å²) in [6.45, 7) is 3.67. The highest BCUT2D eigenvalue weighted by Gasteiger charge is 2.36. The van der Waals surface area contributed by atoms with Crippen LogP contribution in [0, 0.1) is 13.8 Å². The van der Waals surface area contributed by atoms with Crippen LogP contribution in [0.5, 0.6) is 0 Å². The van der Waals surface area contributed by atoms with Gasteiger partial charge in [0, 0.05) is 18.3 Å². The lowest BCUT2D eigenvalue weighted by Gasteiger charge is -2.22. The summed E-state index contributed by atoms with van der Waals surface area (Å²) >= 11 is 0. The Balaban J connectivity index is 2.63. The highest BCUT2D eigenvalue weighted by Crippen LogP contribution is 2.37. The zero-order chi connectivity index (χ0) is 15.8. The van der Waals surface area contributed by atoms with Crippen molar-refractivity contribution in [1.82, 2.24) is 15.1 Å². The molecule has 0 spiro atoms. The zero-order valence-electron chi connectivity index (χ0n) is 12.4. The predicted octanol–water partition coefficient (Wildman–Crippen LogP) is 3.36. The van der Waals surface area contributed by atoms with E-state index in [0.717, 1.165) is 23.0 Å². The summed E-state index contributed by atoms with van der Waals surface area (Å²) in [6.07, 6.45) is -4.38. The molecule has 1 N–H and O–H groups in total. The minimum atomic E-state index is -4.38. The topological polar surface area (TPSA) is 29.9 Å². The number of halogens is 3. The molecule has 0 bridgehead atoms. The van der Waals surface area contributed by atoms with E-state index >= 15 is 0 Å². The lowest BCUT2D eigenvalue weighted by Crippen LogP contribution is -2.23. The number of benzene rings is 1. The normalized spacial score (nSPS) is 13.5. The van der Waals surface area contributed by atoms with Gasteiger partial charge in [0.1, 0.15) is 0 Å². The van der Waals surface area contributed by atoms with Gasteiger partial charge in [-0.3, -0.25) is 4.68 Å². The molecule has 6 heteroatoms. The predicted molar refractivity (Wildman–Crippen MR) is 75.0 cm³/mol. The lowest BCUT2D eigenvalue weighted by atomic mass is 9.93. The average Bonchev–Trinajstić information content (AvgIpc) is 2.66. The molecule has 0 aliphatic heterocycles. The van der Waals surface area contributed by atoms with Gasteiger partial charge in [-0.2, -0.15) is 18.3 Å². The van der Waals surface area contributed by atoms with Gasteiger partial charge in [0.25, 0.3) is 0 Å². The zero-order valence-corrected chi connectivity index (χ0v) is 12.4. The van der Waals surface area contributed by atoms with Gasteiger partial charge in [0.2, 0.25) is 0 Å². The molecule has 1 aromatic heterocycles. The second-order valence-corrected chi connectivity index (χ2v) is 5.01. The highest BCUT2D eigenvalue weighted by atomic mass is 19.4. The Morgan fingerprint density at radius 1 is 1.19 bits per heavy atom. The smallest absolute Gasteiger partial charge is 0.309 e. The Morgan fingerprint density at radius 2 is 1.81 bits per heavy atom. The average molecular weight is 297 g/mol. The molecule has 1 unspecified atom stereocenters. The summed E-state index contributed by atoms with van der Waals surface area (Å²) in [5, 5.41) is 7.28. The maximum Gasteiger partial charge on any atom is 0.416 e. The van der Waals surface area contributed by atoms with Gasteiger partial charge in [-0.25, -0.2) is 0 Å². The van der Waals surface area contributed by atoms with Gasteiger partial charge in [0.05, 0.1) is 17.3 Å². The third-order valence-electron chi connectivity index (χ3n) is 3.72. The summed E-state index contributed by atoms with van der Waals surface area (Å²) in [6, 6.07) is 5.10. The van der Waals surface area contributed by atoms with E-state index in [-0.39, 0.29) is 5.56 Å². The van der Waals surface area contributed by atoms with Gasteiger partial charge in [-0.1, -0.05) is 18.2 Å². The van der Waals surface area contributed by atoms with Crippen molar-refractivity contribution in [2.75, 3.05) is 7.05 Å². The number of alkyl halides is 3. The van der Waals surface area contributed by atoms with Gasteiger partial charge in [-0.15, -0.1) is 0 Å². The van der Waals surface area contributed by atoms with Crippen LogP contribution in [0.2, 0.25) is 0 Å². The molecule has 1 heterocycles. The molecular formula is C15H18F3N3. The van der Waals surface area contributed by atoms with Gasteiger partial charge >= 0.3 is 6.18 Å². The first-order valence-electron chi connectivity index (χ1n) is 6.60. The number of nitrogens with zero attached hydrogens (tertiary/aromatic N) is 2. The van der Waals surface area contributed by atoms with Crippen LogP contribution in [-0.4, -0.2) is 16.8 Å². The number of rotatable bonds is 3. The maximum absolute atomic E-state index is 13.2. The molecule has 1 aromatic carbocycles. The van der Waals surface area contributed by atoms with Gasteiger partial charge in [-0.05, 0) is 32.5 Å². The second kappa shape index (κ2) is 5.52. The first-order valence-corrected chi connectivity index (χ1v) is 6.60. The largest absolute Gasteiger partial charge is 0.416 e. The molecule has 0 radical (unpaired) electrons. The van der Waals surface area contributed by atoms with Crippen molar-refractivity contribution in [2.24, 2.45) is 7.05 Å². The van der Waals surface area contributed by atoms with Crippen molar-refractivity contribution in [3.63, 3.8) is 0 Å². The summed E-state index contributed by atoms with van der Waals surface area (Å²) in [4.78, 5) is 0. The Hall–Kier alpha value is -1.82. The van der Waals surface area contributed by atoms with Crippen molar-refractivity contribution in [3.8, 4) is 0 Å². The summed E-state index contributed by atoms with van der Waals surface area (Å²) in [5.41, 5.74) is 1.96. The fourth-order valence-electron chi connectivity index (χ4n) is 2.67. The van der Waals surface area contributed by atoms with E-state index in [2.05, 4.69) is 10.4 Å². The maximum atomic E-state index is 13.2. The Kier molecular flexibility index (Phi) is 4.09. The van der Waals surface area contributed by atoms with E-state index in [0.29, 0.717) is 0 Å². The lowest BCUT2D eigenvalue weighted by molar-refractivity contribution is -0.138. The monoisotopic (exact) mass is 297 g/mol. The fraction of sp³-hybridized carbons (Fsp3) is 0.400. The Labute approximate surface area is 121 Å². The van der Waals surface area contributed by atoms with Crippen LogP contribution in [0.15, 0.2) is 24.3 Å². The fourth-order valence-corrected chi connectivity index (χ4v) is 2.67. The van der Waals surface area contributed by atoms with Crippen LogP contribution < -0.4 is 5.32 Å². The van der Waals surface area contributed by atoms with E-state index in [4.69, 9.17) is 0 Å². The molecule has 114 valence electrons. The summed E-state index contributed by atoms with van der Waals surface area (Å²) in [5.74, 6) is 0. The van der Waals surface area contributed by atoms with Crippen LogP contribution in [0.25, 0.3) is 0 Å². The van der Waals surface area contributed by atoms with Gasteiger partial charge in [0.15, 0.2) is 0 Å². The molecule has 0 saturated heterocycles. The number of aryl methyl sites for hydroxylation is 2. The van der Waals surface area contributed by atoms with Crippen LogP contribution in [-0.2, 0) is 13.2 Å². The molecular weight excluding hydrogens is 279 g/mol. The van der Waals surface area contributed by atoms with Crippen molar-refractivity contribution in [2.45, 2.75) is 26.1 Å². The van der Waals surface area contributed by atoms with E-state index in [1.165, 1.54) is 12.1 Å². The molecule has 3 nitrogen and oxygen atoms in total. The quantitative estimate of drug-likeness (QED) is 0.941. The molecule has 0 saturated carbocycles.